The summed E-state index contributed by atoms with van der Waals surface area (Å²) in [6, 6.07) is 0. The molecule has 106 valence electrons. The molecule has 0 aliphatic heterocycles. The Balaban J connectivity index is 2.40. The number of methoxy groups -OCH3 is 1. The van der Waals surface area contributed by atoms with Crippen LogP contribution in [0.1, 0.15) is 41.4 Å². The standard InChI is InChI=1S/C12H17NO4S2/c1-8-7-18-9(11(14)17-3)10(8)19(15,16)13-12(2)5-4-6-12/h7,13H,4-6H2,1-3H3. The summed E-state index contributed by atoms with van der Waals surface area (Å²) < 4.78 is 32.2. The molecule has 0 atom stereocenters. The summed E-state index contributed by atoms with van der Waals surface area (Å²) in [4.78, 5) is 11.8. The Morgan fingerprint density at radius 3 is 2.58 bits per heavy atom. The van der Waals surface area contributed by atoms with Gasteiger partial charge in [-0.2, -0.15) is 0 Å². The van der Waals surface area contributed by atoms with E-state index < -0.39 is 16.0 Å². The van der Waals surface area contributed by atoms with E-state index in [2.05, 4.69) is 9.46 Å². The maximum absolute atomic E-state index is 12.5. The largest absolute Gasteiger partial charge is 0.465 e. The van der Waals surface area contributed by atoms with E-state index in [1.807, 2.05) is 6.92 Å². The first-order chi connectivity index (χ1) is 8.79. The van der Waals surface area contributed by atoms with Crippen LogP contribution < -0.4 is 4.72 Å². The number of carbonyl (C=O) groups is 1. The fourth-order valence-corrected chi connectivity index (χ4v) is 5.36. The molecule has 0 amide bonds. The van der Waals surface area contributed by atoms with Crippen molar-refractivity contribution in [3.05, 3.63) is 15.8 Å². The molecule has 1 saturated carbocycles. The van der Waals surface area contributed by atoms with Crippen molar-refractivity contribution < 1.29 is 17.9 Å². The van der Waals surface area contributed by atoms with Crippen molar-refractivity contribution in [2.75, 3.05) is 7.11 Å². The second kappa shape index (κ2) is 4.88. The molecule has 0 saturated heterocycles. The second-order valence-corrected chi connectivity index (χ2v) is 7.59. The van der Waals surface area contributed by atoms with Gasteiger partial charge in [-0.1, -0.05) is 0 Å². The lowest BCUT2D eigenvalue weighted by atomic mass is 9.80. The van der Waals surface area contributed by atoms with Gasteiger partial charge in [0.2, 0.25) is 10.0 Å². The topological polar surface area (TPSA) is 72.5 Å². The van der Waals surface area contributed by atoms with Crippen molar-refractivity contribution in [2.45, 2.75) is 43.5 Å². The van der Waals surface area contributed by atoms with E-state index in [9.17, 15) is 13.2 Å². The number of hydrogen-bond donors (Lipinski definition) is 1. The van der Waals surface area contributed by atoms with Crippen LogP contribution in [0, 0.1) is 6.92 Å². The van der Waals surface area contributed by atoms with Gasteiger partial charge in [-0.3, -0.25) is 0 Å². The zero-order chi connectivity index (χ0) is 14.3. The molecular formula is C12H17NO4S2. The predicted octanol–water partition coefficient (Wildman–Crippen LogP) is 2.06. The average Bonchev–Trinajstić information content (AvgIpc) is 2.68. The summed E-state index contributed by atoms with van der Waals surface area (Å²) in [6.07, 6.45) is 2.66. The van der Waals surface area contributed by atoms with Crippen LogP contribution in [0.3, 0.4) is 0 Å². The molecule has 1 N–H and O–H groups in total. The van der Waals surface area contributed by atoms with Gasteiger partial charge in [0, 0.05) is 5.54 Å². The fraction of sp³-hybridized carbons (Fsp3) is 0.583. The second-order valence-electron chi connectivity index (χ2n) is 5.09. The number of hydrogen-bond acceptors (Lipinski definition) is 5. The maximum Gasteiger partial charge on any atom is 0.349 e. The molecule has 19 heavy (non-hydrogen) atoms. The molecule has 1 aromatic rings. The lowest BCUT2D eigenvalue weighted by molar-refractivity contribution is 0.0602. The van der Waals surface area contributed by atoms with Crippen molar-refractivity contribution in [1.82, 2.24) is 4.72 Å². The van der Waals surface area contributed by atoms with Gasteiger partial charge in [0.1, 0.15) is 9.77 Å². The van der Waals surface area contributed by atoms with Gasteiger partial charge < -0.3 is 4.74 Å². The van der Waals surface area contributed by atoms with E-state index in [0.717, 1.165) is 30.6 Å². The SMILES string of the molecule is COC(=O)c1scc(C)c1S(=O)(=O)NC1(C)CCC1. The molecular weight excluding hydrogens is 286 g/mol. The van der Waals surface area contributed by atoms with E-state index in [1.165, 1.54) is 7.11 Å². The molecule has 1 aliphatic carbocycles. The third-order valence-electron chi connectivity index (χ3n) is 3.40. The minimum Gasteiger partial charge on any atom is -0.465 e. The summed E-state index contributed by atoms with van der Waals surface area (Å²) in [5.74, 6) is -0.614. The number of carbonyl (C=O) groups excluding carboxylic acids is 1. The Hall–Kier alpha value is -0.920. The molecule has 0 aromatic carbocycles. The van der Waals surface area contributed by atoms with Crippen LogP contribution in [-0.2, 0) is 14.8 Å². The average molecular weight is 303 g/mol. The van der Waals surface area contributed by atoms with Crippen LogP contribution in [0.4, 0.5) is 0 Å². The van der Waals surface area contributed by atoms with Gasteiger partial charge in [-0.05, 0) is 44.1 Å². The van der Waals surface area contributed by atoms with Crippen molar-refractivity contribution in [2.24, 2.45) is 0 Å². The summed E-state index contributed by atoms with van der Waals surface area (Å²) in [5.41, 5.74) is 0.182. The van der Waals surface area contributed by atoms with Gasteiger partial charge in [0.05, 0.1) is 7.11 Å². The zero-order valence-corrected chi connectivity index (χ0v) is 12.8. The summed E-state index contributed by atoms with van der Waals surface area (Å²) in [6.45, 7) is 3.56. The Morgan fingerprint density at radius 2 is 2.11 bits per heavy atom. The molecule has 2 rings (SSSR count). The van der Waals surface area contributed by atoms with Crippen molar-refractivity contribution in [3.63, 3.8) is 0 Å². The summed E-state index contributed by atoms with van der Waals surface area (Å²) in [7, 11) is -2.45. The number of sulfonamides is 1. The van der Waals surface area contributed by atoms with E-state index in [0.29, 0.717) is 5.56 Å². The molecule has 1 heterocycles. The number of aryl methyl sites for hydroxylation is 1. The molecule has 0 bridgehead atoms. The number of rotatable bonds is 4. The van der Waals surface area contributed by atoms with Gasteiger partial charge in [0.25, 0.3) is 0 Å². The van der Waals surface area contributed by atoms with Crippen molar-refractivity contribution >= 4 is 27.3 Å². The number of esters is 1. The minimum atomic E-state index is -3.69. The molecule has 0 radical (unpaired) electrons. The molecule has 1 aliphatic rings. The first kappa shape index (κ1) is 14.5. The minimum absolute atomic E-state index is 0.0532. The van der Waals surface area contributed by atoms with Gasteiger partial charge >= 0.3 is 5.97 Å². The van der Waals surface area contributed by atoms with Crippen molar-refractivity contribution in [3.8, 4) is 0 Å². The molecule has 0 spiro atoms. The van der Waals surface area contributed by atoms with Crippen molar-refractivity contribution in [1.29, 1.82) is 0 Å². The Labute approximate surface area is 117 Å². The van der Waals surface area contributed by atoms with E-state index in [1.54, 1.807) is 12.3 Å². The quantitative estimate of drug-likeness (QED) is 0.864. The van der Waals surface area contributed by atoms with Crippen LogP contribution >= 0.6 is 11.3 Å². The lowest BCUT2D eigenvalue weighted by Gasteiger charge is -2.38. The molecule has 5 nitrogen and oxygen atoms in total. The third-order valence-corrected chi connectivity index (χ3v) is 6.43. The molecule has 0 unspecified atom stereocenters. The fourth-order valence-electron chi connectivity index (χ4n) is 2.19. The van der Waals surface area contributed by atoms with Crippen LogP contribution in [0.5, 0.6) is 0 Å². The Bertz CT molecular complexity index is 599. The zero-order valence-electron chi connectivity index (χ0n) is 11.1. The smallest absolute Gasteiger partial charge is 0.349 e. The Kier molecular flexibility index (Phi) is 3.72. The number of thiophene rings is 1. The Morgan fingerprint density at radius 1 is 1.47 bits per heavy atom. The van der Waals surface area contributed by atoms with Crippen LogP contribution in [-0.4, -0.2) is 27.0 Å². The van der Waals surface area contributed by atoms with E-state index in [4.69, 9.17) is 0 Å². The van der Waals surface area contributed by atoms with Gasteiger partial charge in [-0.25, -0.2) is 17.9 Å². The molecule has 1 fully saturated rings. The van der Waals surface area contributed by atoms with Gasteiger partial charge in [-0.15, -0.1) is 11.3 Å². The highest BCUT2D eigenvalue weighted by Gasteiger charge is 2.38. The maximum atomic E-state index is 12.5. The van der Waals surface area contributed by atoms with Crippen LogP contribution in [0.2, 0.25) is 0 Å². The monoisotopic (exact) mass is 303 g/mol. The van der Waals surface area contributed by atoms with Gasteiger partial charge in [0.15, 0.2) is 0 Å². The first-order valence-corrected chi connectivity index (χ1v) is 8.36. The first-order valence-electron chi connectivity index (χ1n) is 5.99. The van der Waals surface area contributed by atoms with Crippen LogP contribution in [0.25, 0.3) is 0 Å². The summed E-state index contributed by atoms with van der Waals surface area (Å²) in [5, 5.41) is 1.66. The number of ether oxygens (including phenoxy) is 1. The number of nitrogens with one attached hydrogen (secondary N) is 1. The molecule has 7 heteroatoms. The summed E-state index contributed by atoms with van der Waals surface area (Å²) >= 11 is 1.09. The normalized spacial score (nSPS) is 17.8. The highest BCUT2D eigenvalue weighted by atomic mass is 32.2. The third kappa shape index (κ3) is 2.68. The predicted molar refractivity (Wildman–Crippen MR) is 73.0 cm³/mol. The lowest BCUT2D eigenvalue weighted by Crippen LogP contribution is -2.50. The highest BCUT2D eigenvalue weighted by molar-refractivity contribution is 7.89. The highest BCUT2D eigenvalue weighted by Crippen LogP contribution is 2.35. The van der Waals surface area contributed by atoms with E-state index >= 15 is 0 Å². The van der Waals surface area contributed by atoms with Crippen LogP contribution in [0.15, 0.2) is 10.3 Å². The molecule has 1 aromatic heterocycles. The van der Waals surface area contributed by atoms with E-state index in [-0.39, 0.29) is 15.3 Å².